The van der Waals surface area contributed by atoms with E-state index in [0.717, 1.165) is 0 Å². The summed E-state index contributed by atoms with van der Waals surface area (Å²) in [5.74, 6) is 5.60. The molecule has 0 spiro atoms. The number of rotatable bonds is 3. The van der Waals surface area contributed by atoms with Gasteiger partial charge < -0.3 is 0 Å². The average molecular weight is 330 g/mol. The molecule has 1 aromatic heterocycles. The van der Waals surface area contributed by atoms with E-state index < -0.39 is 0 Å². The summed E-state index contributed by atoms with van der Waals surface area (Å²) in [7, 11) is 0. The van der Waals surface area contributed by atoms with Gasteiger partial charge in [0.1, 0.15) is 0 Å². The zero-order valence-electron chi connectivity index (χ0n) is 7.98. The zero-order valence-corrected chi connectivity index (χ0v) is 11.0. The molecular formula is C11H11IN2S. The van der Waals surface area contributed by atoms with E-state index >= 15 is 0 Å². The molecule has 15 heavy (non-hydrogen) atoms. The lowest BCUT2D eigenvalue weighted by Gasteiger charge is -2.15. The molecule has 2 nitrogen and oxygen atoms in total. The van der Waals surface area contributed by atoms with E-state index in [9.17, 15) is 0 Å². The van der Waals surface area contributed by atoms with Gasteiger partial charge in [-0.25, -0.2) is 5.43 Å². The molecule has 2 rings (SSSR count). The Hall–Kier alpha value is -0.430. The highest BCUT2D eigenvalue weighted by Gasteiger charge is 2.12. The lowest BCUT2D eigenvalue weighted by molar-refractivity contribution is 0.638. The first-order valence-electron chi connectivity index (χ1n) is 4.55. The first-order chi connectivity index (χ1) is 7.31. The van der Waals surface area contributed by atoms with Gasteiger partial charge in [0.05, 0.1) is 6.04 Å². The molecule has 0 aliphatic rings. The Morgan fingerprint density at radius 2 is 2.13 bits per heavy atom. The molecule has 1 aromatic carbocycles. The lowest BCUT2D eigenvalue weighted by Crippen LogP contribution is -2.28. The summed E-state index contributed by atoms with van der Waals surface area (Å²) >= 11 is 3.99. The number of thiophene rings is 1. The maximum Gasteiger partial charge on any atom is 0.0718 e. The molecule has 0 radical (unpaired) electrons. The van der Waals surface area contributed by atoms with Gasteiger partial charge >= 0.3 is 0 Å². The van der Waals surface area contributed by atoms with E-state index in [-0.39, 0.29) is 6.04 Å². The number of nitrogens with two attached hydrogens (primary N) is 1. The van der Waals surface area contributed by atoms with Crippen molar-refractivity contribution in [2.45, 2.75) is 6.04 Å². The third-order valence-corrected chi connectivity index (χ3v) is 3.60. The van der Waals surface area contributed by atoms with Crippen LogP contribution < -0.4 is 11.3 Å². The summed E-state index contributed by atoms with van der Waals surface area (Å²) in [5.41, 5.74) is 5.26. The normalized spacial score (nSPS) is 12.7. The van der Waals surface area contributed by atoms with E-state index in [1.807, 2.05) is 6.07 Å². The Bertz CT molecular complexity index is 428. The molecule has 0 amide bonds. The molecule has 4 heteroatoms. The predicted octanol–water partition coefficient (Wildman–Crippen LogP) is 2.91. The van der Waals surface area contributed by atoms with Crippen molar-refractivity contribution in [1.82, 2.24) is 5.43 Å². The quantitative estimate of drug-likeness (QED) is 0.516. The summed E-state index contributed by atoms with van der Waals surface area (Å²) in [5, 5.41) is 4.18. The van der Waals surface area contributed by atoms with Crippen molar-refractivity contribution in [2.75, 3.05) is 0 Å². The SMILES string of the molecule is NNC(c1ccsc1)c1cccc(I)c1. The van der Waals surface area contributed by atoms with Crippen LogP contribution in [0.15, 0.2) is 41.1 Å². The minimum atomic E-state index is 0.0889. The highest BCUT2D eigenvalue weighted by atomic mass is 127. The van der Waals surface area contributed by atoms with Crippen molar-refractivity contribution in [1.29, 1.82) is 0 Å². The Kier molecular flexibility index (Phi) is 3.74. The summed E-state index contributed by atoms with van der Waals surface area (Å²) in [6, 6.07) is 10.5. The minimum Gasteiger partial charge on any atom is -0.271 e. The van der Waals surface area contributed by atoms with Gasteiger partial charge in [-0.2, -0.15) is 11.3 Å². The topological polar surface area (TPSA) is 38.0 Å². The fourth-order valence-electron chi connectivity index (χ4n) is 1.51. The first-order valence-corrected chi connectivity index (χ1v) is 6.57. The van der Waals surface area contributed by atoms with Crippen LogP contribution in [0.4, 0.5) is 0 Å². The number of hydrogen-bond acceptors (Lipinski definition) is 3. The Morgan fingerprint density at radius 3 is 2.73 bits per heavy atom. The molecule has 0 saturated heterocycles. The number of benzene rings is 1. The maximum atomic E-state index is 5.60. The third kappa shape index (κ3) is 2.57. The van der Waals surface area contributed by atoms with E-state index in [1.54, 1.807) is 11.3 Å². The molecular weight excluding hydrogens is 319 g/mol. The van der Waals surface area contributed by atoms with Gasteiger partial charge in [0.15, 0.2) is 0 Å². The number of nitrogens with one attached hydrogen (secondary N) is 1. The summed E-state index contributed by atoms with van der Waals surface area (Å²) < 4.78 is 1.22. The number of hydrazine groups is 1. The van der Waals surface area contributed by atoms with Crippen LogP contribution in [0.1, 0.15) is 17.2 Å². The third-order valence-electron chi connectivity index (χ3n) is 2.23. The molecule has 1 unspecified atom stereocenters. The zero-order chi connectivity index (χ0) is 10.7. The van der Waals surface area contributed by atoms with Crippen molar-refractivity contribution in [3.63, 3.8) is 0 Å². The second-order valence-corrected chi connectivity index (χ2v) is 5.24. The molecule has 78 valence electrons. The highest BCUT2D eigenvalue weighted by Crippen LogP contribution is 2.24. The molecule has 2 aromatic rings. The van der Waals surface area contributed by atoms with Crippen molar-refractivity contribution < 1.29 is 0 Å². The van der Waals surface area contributed by atoms with Crippen molar-refractivity contribution in [3.8, 4) is 0 Å². The number of hydrogen-bond donors (Lipinski definition) is 2. The molecule has 1 heterocycles. The van der Waals surface area contributed by atoms with E-state index in [1.165, 1.54) is 14.7 Å². The van der Waals surface area contributed by atoms with E-state index in [4.69, 9.17) is 5.84 Å². The van der Waals surface area contributed by atoms with Gasteiger partial charge in [-0.3, -0.25) is 5.84 Å². The summed E-state index contributed by atoms with van der Waals surface area (Å²) in [6.45, 7) is 0. The first kappa shape index (κ1) is 11.1. The molecule has 0 fully saturated rings. The van der Waals surface area contributed by atoms with Gasteiger partial charge in [-0.1, -0.05) is 12.1 Å². The van der Waals surface area contributed by atoms with E-state index in [2.05, 4.69) is 63.0 Å². The molecule has 1 atom stereocenters. The van der Waals surface area contributed by atoms with Gasteiger partial charge in [-0.15, -0.1) is 0 Å². The van der Waals surface area contributed by atoms with Gasteiger partial charge in [0.25, 0.3) is 0 Å². The Balaban J connectivity index is 2.35. The van der Waals surface area contributed by atoms with Crippen LogP contribution >= 0.6 is 33.9 Å². The van der Waals surface area contributed by atoms with Crippen LogP contribution in [0.5, 0.6) is 0 Å². The standard InChI is InChI=1S/C11H11IN2S/c12-10-3-1-2-8(6-10)11(14-13)9-4-5-15-7-9/h1-7,11,14H,13H2. The Morgan fingerprint density at radius 1 is 1.27 bits per heavy atom. The highest BCUT2D eigenvalue weighted by molar-refractivity contribution is 14.1. The van der Waals surface area contributed by atoms with Crippen LogP contribution in [-0.2, 0) is 0 Å². The minimum absolute atomic E-state index is 0.0889. The van der Waals surface area contributed by atoms with Crippen LogP contribution in [0.25, 0.3) is 0 Å². The monoisotopic (exact) mass is 330 g/mol. The van der Waals surface area contributed by atoms with Crippen LogP contribution in [0, 0.1) is 3.57 Å². The van der Waals surface area contributed by atoms with Gasteiger partial charge in [0.2, 0.25) is 0 Å². The van der Waals surface area contributed by atoms with Crippen LogP contribution in [-0.4, -0.2) is 0 Å². The lowest BCUT2D eigenvalue weighted by atomic mass is 10.0. The Labute approximate surface area is 107 Å². The van der Waals surface area contributed by atoms with Crippen molar-refractivity contribution >= 4 is 33.9 Å². The average Bonchev–Trinajstić information content (AvgIpc) is 2.72. The van der Waals surface area contributed by atoms with Gasteiger partial charge in [0, 0.05) is 3.57 Å². The summed E-state index contributed by atoms with van der Waals surface area (Å²) in [4.78, 5) is 0. The fourth-order valence-corrected chi connectivity index (χ4v) is 2.76. The smallest absolute Gasteiger partial charge is 0.0718 e. The second kappa shape index (κ2) is 5.07. The maximum absolute atomic E-state index is 5.60. The number of halogens is 1. The van der Waals surface area contributed by atoms with Crippen LogP contribution in [0.3, 0.4) is 0 Å². The van der Waals surface area contributed by atoms with Crippen LogP contribution in [0.2, 0.25) is 0 Å². The fraction of sp³-hybridized carbons (Fsp3) is 0.0909. The molecule has 3 N–H and O–H groups in total. The van der Waals surface area contributed by atoms with Crippen molar-refractivity contribution in [3.05, 3.63) is 55.8 Å². The van der Waals surface area contributed by atoms with Crippen molar-refractivity contribution in [2.24, 2.45) is 5.84 Å². The second-order valence-electron chi connectivity index (χ2n) is 3.21. The largest absolute Gasteiger partial charge is 0.271 e. The molecule has 0 saturated carbocycles. The van der Waals surface area contributed by atoms with Gasteiger partial charge in [-0.05, 0) is 62.7 Å². The molecule has 0 aliphatic carbocycles. The molecule has 0 aliphatic heterocycles. The summed E-state index contributed by atoms with van der Waals surface area (Å²) in [6.07, 6.45) is 0. The molecule has 0 bridgehead atoms. The predicted molar refractivity (Wildman–Crippen MR) is 72.6 cm³/mol. The van der Waals surface area contributed by atoms with E-state index in [0.29, 0.717) is 0 Å².